The molecule has 2 saturated heterocycles. The smallest absolute Gasteiger partial charge is 0.137 e. The zero-order valence-electron chi connectivity index (χ0n) is 24.6. The van der Waals surface area contributed by atoms with E-state index in [1.54, 1.807) is 0 Å². The van der Waals surface area contributed by atoms with Gasteiger partial charge in [-0.05, 0) is 74.4 Å². The molecule has 0 radical (unpaired) electrons. The average Bonchev–Trinajstić information content (AvgIpc) is 3.65. The lowest BCUT2D eigenvalue weighted by Gasteiger charge is -2.39. The quantitative estimate of drug-likeness (QED) is 0.345. The number of hydrogen-bond donors (Lipinski definition) is 2. The second kappa shape index (κ2) is 13.3. The van der Waals surface area contributed by atoms with Gasteiger partial charge in [0.1, 0.15) is 42.2 Å². The van der Waals surface area contributed by atoms with Crippen molar-refractivity contribution in [2.75, 3.05) is 64.4 Å². The van der Waals surface area contributed by atoms with Gasteiger partial charge in [0.2, 0.25) is 0 Å². The Balaban J connectivity index is 0.996. The molecule has 43 heavy (non-hydrogen) atoms. The summed E-state index contributed by atoms with van der Waals surface area (Å²) in [4.78, 5) is 8.55. The Kier molecular flexibility index (Phi) is 9.22. The molecule has 1 aliphatic carbocycles. The van der Waals surface area contributed by atoms with Gasteiger partial charge in [0.05, 0.1) is 19.8 Å². The highest BCUT2D eigenvalue weighted by Gasteiger charge is 2.44. The Morgan fingerprint density at radius 1 is 1.00 bits per heavy atom. The van der Waals surface area contributed by atoms with Gasteiger partial charge < -0.3 is 19.9 Å². The molecular weight excluding hydrogens is 554 g/mol. The second-order valence-corrected chi connectivity index (χ2v) is 12.5. The first kappa shape index (κ1) is 29.9. The highest BCUT2D eigenvalue weighted by atomic mass is 19.1. The SMILES string of the molecule is OC(CN1CCC2(CCC(Nc3ccc(OCCN4CCOCC4)cc3)CC2)C1)(Cn1cncn1)c1ccc(F)cc1F. The van der Waals surface area contributed by atoms with Crippen molar-refractivity contribution in [3.63, 3.8) is 0 Å². The average molecular weight is 597 g/mol. The fraction of sp³-hybridized carbons (Fsp3) is 0.562. The molecule has 6 rings (SSSR count). The van der Waals surface area contributed by atoms with E-state index in [4.69, 9.17) is 9.47 Å². The van der Waals surface area contributed by atoms with E-state index in [1.165, 1.54) is 29.5 Å². The van der Waals surface area contributed by atoms with Crippen molar-refractivity contribution in [2.45, 2.75) is 50.3 Å². The lowest BCUT2D eigenvalue weighted by atomic mass is 9.72. The Morgan fingerprint density at radius 3 is 2.51 bits per heavy atom. The Labute approximate surface area is 251 Å². The van der Waals surface area contributed by atoms with Crippen molar-refractivity contribution in [3.05, 3.63) is 72.3 Å². The van der Waals surface area contributed by atoms with Crippen LogP contribution in [0.25, 0.3) is 0 Å². The van der Waals surface area contributed by atoms with Crippen LogP contribution >= 0.6 is 0 Å². The van der Waals surface area contributed by atoms with Gasteiger partial charge in [-0.1, -0.05) is 6.07 Å². The van der Waals surface area contributed by atoms with Crippen LogP contribution in [0.1, 0.15) is 37.7 Å². The van der Waals surface area contributed by atoms with E-state index < -0.39 is 17.2 Å². The summed E-state index contributed by atoms with van der Waals surface area (Å²) in [5.41, 5.74) is -0.208. The third-order valence-corrected chi connectivity index (χ3v) is 9.38. The molecule has 2 aromatic carbocycles. The zero-order valence-corrected chi connectivity index (χ0v) is 24.6. The summed E-state index contributed by atoms with van der Waals surface area (Å²) in [5.74, 6) is -0.536. The lowest BCUT2D eigenvalue weighted by molar-refractivity contribution is -0.0196. The number of nitrogens with one attached hydrogen (secondary N) is 1. The van der Waals surface area contributed by atoms with Gasteiger partial charge in [-0.2, -0.15) is 5.10 Å². The molecule has 3 fully saturated rings. The lowest BCUT2D eigenvalue weighted by Crippen LogP contribution is -2.45. The molecule has 1 atom stereocenters. The van der Waals surface area contributed by atoms with E-state index in [-0.39, 0.29) is 24.1 Å². The van der Waals surface area contributed by atoms with E-state index in [1.807, 2.05) is 12.1 Å². The van der Waals surface area contributed by atoms with Gasteiger partial charge in [0.25, 0.3) is 0 Å². The fourth-order valence-corrected chi connectivity index (χ4v) is 6.99. The zero-order chi connectivity index (χ0) is 29.7. The van der Waals surface area contributed by atoms with Crippen molar-refractivity contribution in [3.8, 4) is 5.75 Å². The van der Waals surface area contributed by atoms with Crippen LogP contribution in [0.5, 0.6) is 5.75 Å². The maximum absolute atomic E-state index is 14.9. The number of nitrogens with zero attached hydrogens (tertiary/aromatic N) is 5. The van der Waals surface area contributed by atoms with Crippen LogP contribution < -0.4 is 10.1 Å². The minimum Gasteiger partial charge on any atom is -0.492 e. The number of anilines is 1. The molecule has 232 valence electrons. The third kappa shape index (κ3) is 7.52. The van der Waals surface area contributed by atoms with Gasteiger partial charge in [-0.15, -0.1) is 0 Å². The molecule has 1 aromatic heterocycles. The normalized spacial score (nSPS) is 24.7. The molecule has 3 aromatic rings. The minimum atomic E-state index is -1.58. The van der Waals surface area contributed by atoms with Crippen molar-refractivity contribution in [1.29, 1.82) is 0 Å². The fourth-order valence-electron chi connectivity index (χ4n) is 6.99. The number of rotatable bonds is 11. The number of morpholine rings is 1. The van der Waals surface area contributed by atoms with Crippen molar-refractivity contribution in [1.82, 2.24) is 24.6 Å². The Hall–Kier alpha value is -3.12. The number of hydrogen-bond acceptors (Lipinski definition) is 8. The van der Waals surface area contributed by atoms with Crippen molar-refractivity contribution in [2.24, 2.45) is 5.41 Å². The molecule has 1 saturated carbocycles. The summed E-state index contributed by atoms with van der Waals surface area (Å²) in [5, 5.41) is 19.6. The largest absolute Gasteiger partial charge is 0.492 e. The van der Waals surface area contributed by atoms with Gasteiger partial charge in [0.15, 0.2) is 0 Å². The molecule has 0 amide bonds. The first-order valence-corrected chi connectivity index (χ1v) is 15.4. The maximum atomic E-state index is 14.9. The summed E-state index contributed by atoms with van der Waals surface area (Å²) >= 11 is 0. The molecule has 11 heteroatoms. The molecule has 0 bridgehead atoms. The highest BCUT2D eigenvalue weighted by molar-refractivity contribution is 5.47. The monoisotopic (exact) mass is 596 g/mol. The summed E-state index contributed by atoms with van der Waals surface area (Å²) < 4.78 is 41.4. The molecule has 2 N–H and O–H groups in total. The van der Waals surface area contributed by atoms with Gasteiger partial charge >= 0.3 is 0 Å². The summed E-state index contributed by atoms with van der Waals surface area (Å²) in [7, 11) is 0. The van der Waals surface area contributed by atoms with Gasteiger partial charge in [-0.3, -0.25) is 9.80 Å². The third-order valence-electron chi connectivity index (χ3n) is 9.38. The molecule has 3 aliphatic rings. The van der Waals surface area contributed by atoms with E-state index in [0.717, 1.165) is 95.5 Å². The van der Waals surface area contributed by atoms with E-state index >= 15 is 0 Å². The summed E-state index contributed by atoms with van der Waals surface area (Å²) in [6, 6.07) is 12.0. The van der Waals surface area contributed by atoms with Crippen LogP contribution in [0.15, 0.2) is 55.1 Å². The number of ether oxygens (including phenoxy) is 2. The maximum Gasteiger partial charge on any atom is 0.137 e. The predicted octanol–water partition coefficient (Wildman–Crippen LogP) is 3.90. The van der Waals surface area contributed by atoms with E-state index in [0.29, 0.717) is 12.6 Å². The van der Waals surface area contributed by atoms with Crippen LogP contribution in [0.2, 0.25) is 0 Å². The number of likely N-dealkylation sites (tertiary alicyclic amines) is 1. The molecular formula is C32H42F2N6O3. The van der Waals surface area contributed by atoms with Crippen LogP contribution in [0.3, 0.4) is 0 Å². The summed E-state index contributed by atoms with van der Waals surface area (Å²) in [6.45, 7) is 7.06. The standard InChI is InChI=1S/C32H42F2N6O3/c33-25-1-6-29(30(34)19-25)32(41,22-40-24-35-23-36-40)21-39-12-11-31(20-39)9-7-27(8-10-31)37-26-2-4-28(5-3-26)43-18-15-38-13-16-42-17-14-38/h1-6,19,23-24,27,37,41H,7-18,20-22H2. The predicted molar refractivity (Wildman–Crippen MR) is 159 cm³/mol. The molecule has 1 unspecified atom stereocenters. The highest BCUT2D eigenvalue weighted by Crippen LogP contribution is 2.45. The van der Waals surface area contributed by atoms with E-state index in [2.05, 4.69) is 37.3 Å². The number of aromatic nitrogens is 3. The molecule has 3 heterocycles. The van der Waals surface area contributed by atoms with Gasteiger partial charge in [-0.25, -0.2) is 18.4 Å². The van der Waals surface area contributed by atoms with Crippen LogP contribution in [-0.4, -0.2) is 94.8 Å². The molecule has 9 nitrogen and oxygen atoms in total. The van der Waals surface area contributed by atoms with E-state index in [9.17, 15) is 13.9 Å². The summed E-state index contributed by atoms with van der Waals surface area (Å²) in [6.07, 6.45) is 8.26. The Bertz CT molecular complexity index is 1310. The second-order valence-electron chi connectivity index (χ2n) is 12.5. The van der Waals surface area contributed by atoms with Crippen LogP contribution in [0, 0.1) is 17.0 Å². The van der Waals surface area contributed by atoms with Crippen molar-refractivity contribution < 1.29 is 23.4 Å². The van der Waals surface area contributed by atoms with Crippen LogP contribution in [0.4, 0.5) is 14.5 Å². The number of halogens is 2. The molecule has 1 spiro atoms. The number of aliphatic hydroxyl groups is 1. The number of β-amino-alcohol motifs (C(OH)–C–C–N with tert-alkyl or cyclic N) is 1. The van der Waals surface area contributed by atoms with Crippen molar-refractivity contribution >= 4 is 5.69 Å². The topological polar surface area (TPSA) is 87.9 Å². The minimum absolute atomic E-state index is 0.0305. The Morgan fingerprint density at radius 2 is 1.79 bits per heavy atom. The first-order valence-electron chi connectivity index (χ1n) is 15.4. The first-order chi connectivity index (χ1) is 20.9. The van der Waals surface area contributed by atoms with Crippen LogP contribution in [-0.2, 0) is 16.9 Å². The number of benzene rings is 2. The van der Waals surface area contributed by atoms with Gasteiger partial charge in [0, 0.05) is 56.1 Å². The molecule has 2 aliphatic heterocycles.